The zero-order valence-corrected chi connectivity index (χ0v) is 10.9. The summed E-state index contributed by atoms with van der Waals surface area (Å²) >= 11 is 5.84. The highest BCUT2D eigenvalue weighted by atomic mass is 35.5. The van der Waals surface area contributed by atoms with Gasteiger partial charge in [-0.15, -0.1) is 0 Å². The molecule has 0 spiro atoms. The third-order valence-electron chi connectivity index (χ3n) is 2.07. The molecule has 18 heavy (non-hydrogen) atoms. The fourth-order valence-corrected chi connectivity index (χ4v) is 1.57. The maximum Gasteiger partial charge on any atom is 0.337 e. The Balaban J connectivity index is 3.18. The minimum Gasteiger partial charge on any atom is -0.491 e. The van der Waals surface area contributed by atoms with Gasteiger partial charge in [-0.1, -0.05) is 18.5 Å². The number of aromatic carboxylic acids is 1. The van der Waals surface area contributed by atoms with Crippen LogP contribution in [0.25, 0.3) is 0 Å². The Hall–Kier alpha value is -1.75. The van der Waals surface area contributed by atoms with Crippen molar-refractivity contribution >= 4 is 29.2 Å². The van der Waals surface area contributed by atoms with E-state index in [9.17, 15) is 9.59 Å². The lowest BCUT2D eigenvalue weighted by Crippen LogP contribution is -2.10. The topological polar surface area (TPSA) is 75.6 Å². The molecule has 0 aliphatic heterocycles. The number of benzene rings is 1. The van der Waals surface area contributed by atoms with Crippen LogP contribution in [0.5, 0.6) is 5.75 Å². The summed E-state index contributed by atoms with van der Waals surface area (Å²) in [6.07, 6.45) is 0.789. The van der Waals surface area contributed by atoms with Crippen molar-refractivity contribution in [3.8, 4) is 5.75 Å². The lowest BCUT2D eigenvalue weighted by Gasteiger charge is -2.13. The van der Waals surface area contributed by atoms with Gasteiger partial charge in [-0.2, -0.15) is 0 Å². The minimum atomic E-state index is -1.16. The highest BCUT2D eigenvalue weighted by Crippen LogP contribution is 2.31. The van der Waals surface area contributed by atoms with Gasteiger partial charge in [-0.25, -0.2) is 4.79 Å². The number of carboxylic acid groups (broad SMARTS) is 1. The van der Waals surface area contributed by atoms with Crippen molar-refractivity contribution in [2.75, 3.05) is 11.9 Å². The van der Waals surface area contributed by atoms with Gasteiger partial charge in [0.25, 0.3) is 0 Å². The molecule has 6 heteroatoms. The zero-order valence-electron chi connectivity index (χ0n) is 10.1. The molecule has 0 radical (unpaired) electrons. The van der Waals surface area contributed by atoms with Crippen molar-refractivity contribution in [1.82, 2.24) is 0 Å². The maximum absolute atomic E-state index is 11.1. The van der Waals surface area contributed by atoms with Crippen molar-refractivity contribution < 1.29 is 19.4 Å². The van der Waals surface area contributed by atoms with E-state index in [1.807, 2.05) is 6.92 Å². The van der Waals surface area contributed by atoms with Crippen molar-refractivity contribution in [3.05, 3.63) is 22.7 Å². The molecule has 0 saturated carbocycles. The normalized spacial score (nSPS) is 9.94. The Bertz CT molecular complexity index is 473. The first-order valence-electron chi connectivity index (χ1n) is 5.43. The van der Waals surface area contributed by atoms with Crippen LogP contribution in [-0.4, -0.2) is 23.6 Å². The van der Waals surface area contributed by atoms with Crippen molar-refractivity contribution in [2.24, 2.45) is 0 Å². The highest BCUT2D eigenvalue weighted by Gasteiger charge is 2.15. The van der Waals surface area contributed by atoms with Gasteiger partial charge in [0.15, 0.2) is 0 Å². The number of hydrogen-bond donors (Lipinski definition) is 2. The van der Waals surface area contributed by atoms with E-state index in [1.165, 1.54) is 19.1 Å². The number of amides is 1. The molecule has 0 atom stereocenters. The van der Waals surface area contributed by atoms with Crippen LogP contribution in [0, 0.1) is 0 Å². The number of nitrogens with one attached hydrogen (secondary N) is 1. The van der Waals surface area contributed by atoms with Crippen LogP contribution in [0.1, 0.15) is 30.6 Å². The van der Waals surface area contributed by atoms with Crippen molar-refractivity contribution in [1.29, 1.82) is 0 Å². The fourth-order valence-electron chi connectivity index (χ4n) is 1.34. The van der Waals surface area contributed by atoms with E-state index in [1.54, 1.807) is 0 Å². The average molecular weight is 272 g/mol. The lowest BCUT2D eigenvalue weighted by molar-refractivity contribution is -0.114. The van der Waals surface area contributed by atoms with Gasteiger partial charge in [-0.05, 0) is 12.5 Å². The van der Waals surface area contributed by atoms with Gasteiger partial charge in [0.2, 0.25) is 5.91 Å². The summed E-state index contributed by atoms with van der Waals surface area (Å²) in [5.74, 6) is -1.11. The SMILES string of the molecule is CCCOc1cc(Cl)c(C(=O)O)cc1NC(C)=O. The molecule has 2 N–H and O–H groups in total. The molecule has 0 bridgehead atoms. The molecule has 0 aliphatic rings. The van der Waals surface area contributed by atoms with Gasteiger partial charge < -0.3 is 15.2 Å². The first kappa shape index (κ1) is 14.3. The number of halogens is 1. The second-order valence-electron chi connectivity index (χ2n) is 3.66. The molecule has 1 aromatic carbocycles. The van der Waals surface area contributed by atoms with Crippen LogP contribution < -0.4 is 10.1 Å². The standard InChI is InChI=1S/C12H14ClNO4/c1-3-4-18-11-6-9(13)8(12(16)17)5-10(11)14-7(2)15/h5-6H,3-4H2,1-2H3,(H,14,15)(H,16,17). The Morgan fingerprint density at radius 2 is 2.11 bits per heavy atom. The Labute approximate surface area is 110 Å². The predicted octanol–water partition coefficient (Wildman–Crippen LogP) is 2.79. The Morgan fingerprint density at radius 1 is 1.44 bits per heavy atom. The van der Waals surface area contributed by atoms with E-state index < -0.39 is 5.97 Å². The molecule has 0 aliphatic carbocycles. The molecule has 0 saturated heterocycles. The number of rotatable bonds is 5. The van der Waals surface area contributed by atoms with Crippen LogP contribution in [0.3, 0.4) is 0 Å². The zero-order chi connectivity index (χ0) is 13.7. The summed E-state index contributed by atoms with van der Waals surface area (Å²) in [4.78, 5) is 22.0. The summed E-state index contributed by atoms with van der Waals surface area (Å²) in [6, 6.07) is 2.68. The third-order valence-corrected chi connectivity index (χ3v) is 2.38. The molecule has 1 amide bonds. The summed E-state index contributed by atoms with van der Waals surface area (Å²) in [6.45, 7) is 3.72. The van der Waals surface area contributed by atoms with E-state index in [0.717, 1.165) is 6.42 Å². The Kier molecular flexibility index (Phi) is 4.97. The van der Waals surface area contributed by atoms with Gasteiger partial charge in [0.05, 0.1) is 22.9 Å². The largest absolute Gasteiger partial charge is 0.491 e. The van der Waals surface area contributed by atoms with Crippen LogP contribution in [0.15, 0.2) is 12.1 Å². The van der Waals surface area contributed by atoms with E-state index in [2.05, 4.69) is 5.32 Å². The van der Waals surface area contributed by atoms with E-state index in [4.69, 9.17) is 21.4 Å². The molecule has 0 fully saturated rings. The maximum atomic E-state index is 11.1. The Morgan fingerprint density at radius 3 is 2.61 bits per heavy atom. The summed E-state index contributed by atoms with van der Waals surface area (Å²) < 4.78 is 5.41. The third kappa shape index (κ3) is 3.63. The fraction of sp³-hybridized carbons (Fsp3) is 0.333. The van der Waals surface area contributed by atoms with Crippen LogP contribution in [-0.2, 0) is 4.79 Å². The van der Waals surface area contributed by atoms with Crippen LogP contribution >= 0.6 is 11.6 Å². The molecule has 1 aromatic rings. The van der Waals surface area contributed by atoms with E-state index in [0.29, 0.717) is 18.0 Å². The summed E-state index contributed by atoms with van der Waals surface area (Å²) in [7, 11) is 0. The van der Waals surface area contributed by atoms with Gasteiger partial charge in [-0.3, -0.25) is 4.79 Å². The molecular weight excluding hydrogens is 258 g/mol. The molecule has 1 rings (SSSR count). The van der Waals surface area contributed by atoms with Gasteiger partial charge in [0.1, 0.15) is 5.75 Å². The number of carbonyl (C=O) groups is 2. The van der Waals surface area contributed by atoms with E-state index in [-0.39, 0.29) is 16.5 Å². The first-order valence-corrected chi connectivity index (χ1v) is 5.80. The molecule has 98 valence electrons. The molecule has 0 heterocycles. The minimum absolute atomic E-state index is 0.0719. The molecular formula is C12H14ClNO4. The smallest absolute Gasteiger partial charge is 0.337 e. The first-order chi connectivity index (χ1) is 8.45. The monoisotopic (exact) mass is 271 g/mol. The van der Waals surface area contributed by atoms with Gasteiger partial charge >= 0.3 is 5.97 Å². The average Bonchev–Trinajstić information content (AvgIpc) is 2.28. The second kappa shape index (κ2) is 6.26. The van der Waals surface area contributed by atoms with Crippen LogP contribution in [0.2, 0.25) is 5.02 Å². The van der Waals surface area contributed by atoms with Gasteiger partial charge in [0, 0.05) is 13.0 Å². The lowest BCUT2D eigenvalue weighted by atomic mass is 10.2. The number of anilines is 1. The quantitative estimate of drug-likeness (QED) is 0.863. The number of carboxylic acids is 1. The predicted molar refractivity (Wildman–Crippen MR) is 68.5 cm³/mol. The number of hydrogen-bond acceptors (Lipinski definition) is 3. The van der Waals surface area contributed by atoms with Crippen LogP contribution in [0.4, 0.5) is 5.69 Å². The van der Waals surface area contributed by atoms with Crippen molar-refractivity contribution in [2.45, 2.75) is 20.3 Å². The second-order valence-corrected chi connectivity index (χ2v) is 4.07. The molecule has 0 unspecified atom stereocenters. The summed E-state index contributed by atoms with van der Waals surface area (Å²) in [5, 5.41) is 11.5. The molecule has 0 aromatic heterocycles. The van der Waals surface area contributed by atoms with Crippen molar-refractivity contribution in [3.63, 3.8) is 0 Å². The number of ether oxygens (including phenoxy) is 1. The molecule has 5 nitrogen and oxygen atoms in total. The highest BCUT2D eigenvalue weighted by molar-refractivity contribution is 6.33. The summed E-state index contributed by atoms with van der Waals surface area (Å²) in [5.41, 5.74) is 0.224. The number of carbonyl (C=O) groups excluding carboxylic acids is 1. The van der Waals surface area contributed by atoms with E-state index >= 15 is 0 Å².